The van der Waals surface area contributed by atoms with E-state index in [4.69, 9.17) is 0 Å². The summed E-state index contributed by atoms with van der Waals surface area (Å²) in [6.07, 6.45) is 0.982. The third kappa shape index (κ3) is 3.83. The summed E-state index contributed by atoms with van der Waals surface area (Å²) < 4.78 is 0. The van der Waals surface area contributed by atoms with Gasteiger partial charge in [-0.3, -0.25) is 0 Å². The van der Waals surface area contributed by atoms with Crippen LogP contribution in [0.2, 0.25) is 0 Å². The number of nitrogens with zero attached hydrogens (tertiary/aromatic N) is 1. The minimum Gasteiger partial charge on any atom is -0.395 e. The zero-order valence-corrected chi connectivity index (χ0v) is 11.4. The fourth-order valence-corrected chi connectivity index (χ4v) is 2.40. The van der Waals surface area contributed by atoms with Crippen molar-refractivity contribution < 1.29 is 5.11 Å². The van der Waals surface area contributed by atoms with Crippen molar-refractivity contribution in [2.75, 3.05) is 18.1 Å². The Morgan fingerprint density at radius 2 is 1.53 bits per heavy atom. The Bertz CT molecular complexity index is 469. The average molecular weight is 255 g/mol. The summed E-state index contributed by atoms with van der Waals surface area (Å²) in [5.41, 5.74) is 2.49. The molecule has 0 aliphatic carbocycles. The number of benzene rings is 2. The second-order valence-electron chi connectivity index (χ2n) is 4.79. The lowest BCUT2D eigenvalue weighted by atomic mass is 10.1. The Morgan fingerprint density at radius 1 is 0.947 bits per heavy atom. The molecule has 0 heterocycles. The highest BCUT2D eigenvalue weighted by Crippen LogP contribution is 2.18. The summed E-state index contributed by atoms with van der Waals surface area (Å²) in [5, 5.41) is 9.27. The van der Waals surface area contributed by atoms with Crippen molar-refractivity contribution in [3.63, 3.8) is 0 Å². The van der Waals surface area contributed by atoms with Crippen LogP contribution < -0.4 is 4.90 Å². The number of rotatable bonds is 6. The largest absolute Gasteiger partial charge is 0.395 e. The molecule has 0 bridgehead atoms. The second kappa shape index (κ2) is 6.95. The predicted octanol–water partition coefficient (Wildman–Crippen LogP) is 3.12. The van der Waals surface area contributed by atoms with Crippen LogP contribution in [0.1, 0.15) is 12.5 Å². The van der Waals surface area contributed by atoms with E-state index in [0.29, 0.717) is 12.6 Å². The van der Waals surface area contributed by atoms with Gasteiger partial charge in [-0.1, -0.05) is 48.5 Å². The summed E-state index contributed by atoms with van der Waals surface area (Å²) in [6, 6.07) is 21.1. The van der Waals surface area contributed by atoms with Crippen LogP contribution in [-0.4, -0.2) is 24.3 Å². The summed E-state index contributed by atoms with van der Waals surface area (Å²) in [6.45, 7) is 3.04. The molecule has 100 valence electrons. The summed E-state index contributed by atoms with van der Waals surface area (Å²) in [5.74, 6) is 0. The van der Waals surface area contributed by atoms with Crippen LogP contribution in [0.5, 0.6) is 0 Å². The molecule has 0 spiro atoms. The van der Waals surface area contributed by atoms with Crippen LogP contribution in [0.4, 0.5) is 5.69 Å². The maximum atomic E-state index is 9.27. The van der Waals surface area contributed by atoms with Gasteiger partial charge in [0.2, 0.25) is 0 Å². The summed E-state index contributed by atoms with van der Waals surface area (Å²) in [4.78, 5) is 2.26. The van der Waals surface area contributed by atoms with Crippen LogP contribution in [0, 0.1) is 0 Å². The van der Waals surface area contributed by atoms with Crippen molar-refractivity contribution in [1.29, 1.82) is 0 Å². The topological polar surface area (TPSA) is 23.5 Å². The Labute approximate surface area is 115 Å². The summed E-state index contributed by atoms with van der Waals surface area (Å²) in [7, 11) is 0. The molecule has 0 saturated carbocycles. The molecule has 0 aliphatic rings. The maximum absolute atomic E-state index is 9.27. The highest BCUT2D eigenvalue weighted by atomic mass is 16.3. The number of hydrogen-bond acceptors (Lipinski definition) is 2. The first-order chi connectivity index (χ1) is 9.31. The van der Waals surface area contributed by atoms with Gasteiger partial charge in [-0.15, -0.1) is 0 Å². The first-order valence-corrected chi connectivity index (χ1v) is 6.77. The van der Waals surface area contributed by atoms with Crippen LogP contribution >= 0.6 is 0 Å². The van der Waals surface area contributed by atoms with Gasteiger partial charge in [0.25, 0.3) is 0 Å². The lowest BCUT2D eigenvalue weighted by Gasteiger charge is -2.31. The fraction of sp³-hybridized carbons (Fsp3) is 0.294. The van der Waals surface area contributed by atoms with Crippen LogP contribution in [0.25, 0.3) is 0 Å². The molecule has 0 radical (unpaired) electrons. The first kappa shape index (κ1) is 13.6. The molecule has 19 heavy (non-hydrogen) atoms. The van der Waals surface area contributed by atoms with Crippen molar-refractivity contribution in [2.45, 2.75) is 19.4 Å². The molecular formula is C17H21NO. The monoisotopic (exact) mass is 255 g/mol. The molecule has 2 aromatic carbocycles. The quantitative estimate of drug-likeness (QED) is 0.857. The fourth-order valence-electron chi connectivity index (χ4n) is 2.40. The van der Waals surface area contributed by atoms with Gasteiger partial charge in [0, 0.05) is 18.3 Å². The molecule has 0 saturated heterocycles. The van der Waals surface area contributed by atoms with Crippen molar-refractivity contribution >= 4 is 5.69 Å². The molecule has 2 rings (SSSR count). The van der Waals surface area contributed by atoms with Gasteiger partial charge in [-0.2, -0.15) is 0 Å². The predicted molar refractivity (Wildman–Crippen MR) is 80.5 cm³/mol. The zero-order chi connectivity index (χ0) is 13.5. The van der Waals surface area contributed by atoms with Crippen molar-refractivity contribution in [3.05, 3.63) is 66.2 Å². The van der Waals surface area contributed by atoms with E-state index >= 15 is 0 Å². The second-order valence-corrected chi connectivity index (χ2v) is 4.79. The first-order valence-electron chi connectivity index (χ1n) is 6.77. The molecule has 0 fully saturated rings. The normalized spacial score (nSPS) is 12.1. The molecule has 2 heteroatoms. The third-order valence-electron chi connectivity index (χ3n) is 3.33. The lowest BCUT2D eigenvalue weighted by molar-refractivity contribution is 0.298. The molecule has 0 amide bonds. The Balaban J connectivity index is 2.11. The van der Waals surface area contributed by atoms with Crippen molar-refractivity contribution in [3.8, 4) is 0 Å². The highest BCUT2D eigenvalue weighted by Gasteiger charge is 2.14. The molecule has 1 unspecified atom stereocenters. The molecule has 0 aliphatic heterocycles. The van der Waals surface area contributed by atoms with Gasteiger partial charge < -0.3 is 10.0 Å². The van der Waals surface area contributed by atoms with Crippen molar-refractivity contribution in [2.24, 2.45) is 0 Å². The zero-order valence-electron chi connectivity index (χ0n) is 11.4. The number of aliphatic hydroxyl groups excluding tert-OH is 1. The number of para-hydroxylation sites is 1. The van der Waals surface area contributed by atoms with E-state index in [1.54, 1.807) is 0 Å². The minimum absolute atomic E-state index is 0.175. The third-order valence-corrected chi connectivity index (χ3v) is 3.33. The number of anilines is 1. The smallest absolute Gasteiger partial charge is 0.0606 e. The van der Waals surface area contributed by atoms with Crippen LogP contribution in [0.3, 0.4) is 0 Å². The van der Waals surface area contributed by atoms with E-state index in [0.717, 1.165) is 6.42 Å². The molecule has 1 atom stereocenters. The van der Waals surface area contributed by atoms with E-state index in [-0.39, 0.29) is 6.61 Å². The van der Waals surface area contributed by atoms with E-state index in [2.05, 4.69) is 48.2 Å². The Morgan fingerprint density at radius 3 is 2.11 bits per heavy atom. The van der Waals surface area contributed by atoms with E-state index in [1.807, 2.05) is 24.3 Å². The van der Waals surface area contributed by atoms with Crippen LogP contribution in [0.15, 0.2) is 60.7 Å². The van der Waals surface area contributed by atoms with E-state index in [9.17, 15) is 5.11 Å². The van der Waals surface area contributed by atoms with Gasteiger partial charge in [-0.05, 0) is 31.0 Å². The lowest BCUT2D eigenvalue weighted by Crippen LogP contribution is -2.36. The standard InChI is InChI=1S/C17H21NO/c1-15(14-16-8-4-2-5-9-16)18(12-13-19)17-10-6-3-7-11-17/h2-11,15,19H,12-14H2,1H3. The van der Waals surface area contributed by atoms with Gasteiger partial charge in [0.1, 0.15) is 0 Å². The average Bonchev–Trinajstić information content (AvgIpc) is 2.46. The van der Waals surface area contributed by atoms with E-state index < -0.39 is 0 Å². The van der Waals surface area contributed by atoms with Gasteiger partial charge in [0.05, 0.1) is 6.61 Å². The van der Waals surface area contributed by atoms with Crippen LogP contribution in [-0.2, 0) is 6.42 Å². The molecular weight excluding hydrogens is 234 g/mol. The molecule has 0 aromatic heterocycles. The highest BCUT2D eigenvalue weighted by molar-refractivity contribution is 5.47. The van der Waals surface area contributed by atoms with Gasteiger partial charge >= 0.3 is 0 Å². The number of aliphatic hydroxyl groups is 1. The Hall–Kier alpha value is -1.80. The minimum atomic E-state index is 0.175. The van der Waals surface area contributed by atoms with Gasteiger partial charge in [0.15, 0.2) is 0 Å². The summed E-state index contributed by atoms with van der Waals surface area (Å²) >= 11 is 0. The molecule has 2 nitrogen and oxygen atoms in total. The Kier molecular flexibility index (Phi) is 4.99. The molecule has 1 N–H and O–H groups in total. The van der Waals surface area contributed by atoms with E-state index in [1.165, 1.54) is 11.3 Å². The number of hydrogen-bond donors (Lipinski definition) is 1. The maximum Gasteiger partial charge on any atom is 0.0606 e. The molecule has 2 aromatic rings. The van der Waals surface area contributed by atoms with Crippen molar-refractivity contribution in [1.82, 2.24) is 0 Å². The SMILES string of the molecule is CC(Cc1ccccc1)N(CCO)c1ccccc1. The van der Waals surface area contributed by atoms with Gasteiger partial charge in [-0.25, -0.2) is 0 Å².